The summed E-state index contributed by atoms with van der Waals surface area (Å²) >= 11 is 0. The molecule has 0 aliphatic rings. The van der Waals surface area contributed by atoms with Gasteiger partial charge in [-0.2, -0.15) is 8.78 Å². The zero-order valence-corrected chi connectivity index (χ0v) is 9.97. The molecule has 0 aromatic heterocycles. The Kier molecular flexibility index (Phi) is 5.10. The minimum Gasteiger partial charge on any atom is -0.323 e. The SMILES string of the molecule is Cc1ccc(C(N)CNCC(F)(F)C(F)F)cc1. The van der Waals surface area contributed by atoms with Crippen LogP contribution in [0.15, 0.2) is 24.3 Å². The van der Waals surface area contributed by atoms with Crippen LogP contribution in [0.4, 0.5) is 17.6 Å². The molecule has 0 aliphatic carbocycles. The van der Waals surface area contributed by atoms with Gasteiger partial charge in [0.15, 0.2) is 0 Å². The molecule has 18 heavy (non-hydrogen) atoms. The van der Waals surface area contributed by atoms with Crippen LogP contribution in [0.5, 0.6) is 0 Å². The number of hydrogen-bond donors (Lipinski definition) is 2. The third-order valence-corrected chi connectivity index (χ3v) is 2.55. The standard InChI is InChI=1S/C12H16F4N2/c1-8-2-4-9(5-3-8)10(17)6-18-7-12(15,16)11(13)14/h2-5,10-11,18H,6-7,17H2,1H3. The van der Waals surface area contributed by atoms with Crippen LogP contribution < -0.4 is 11.1 Å². The summed E-state index contributed by atoms with van der Waals surface area (Å²) in [7, 11) is 0. The fraction of sp³-hybridized carbons (Fsp3) is 0.500. The largest absolute Gasteiger partial charge is 0.323 e. The molecule has 0 heterocycles. The summed E-state index contributed by atoms with van der Waals surface area (Å²) in [5.74, 6) is -4.02. The normalized spacial score (nSPS) is 13.9. The molecule has 1 aromatic carbocycles. The van der Waals surface area contributed by atoms with Crippen LogP contribution in [0.1, 0.15) is 17.2 Å². The first-order valence-corrected chi connectivity index (χ1v) is 5.52. The van der Waals surface area contributed by atoms with Crippen LogP contribution in [-0.4, -0.2) is 25.4 Å². The molecule has 6 heteroatoms. The van der Waals surface area contributed by atoms with Crippen molar-refractivity contribution in [2.75, 3.05) is 13.1 Å². The maximum Gasteiger partial charge on any atom is 0.319 e. The molecule has 0 spiro atoms. The lowest BCUT2D eigenvalue weighted by Gasteiger charge is -2.18. The van der Waals surface area contributed by atoms with E-state index in [0.717, 1.165) is 11.1 Å². The minimum absolute atomic E-state index is 0.0192. The molecular weight excluding hydrogens is 248 g/mol. The Bertz CT molecular complexity index is 365. The van der Waals surface area contributed by atoms with Crippen molar-refractivity contribution in [3.63, 3.8) is 0 Å². The second-order valence-electron chi connectivity index (χ2n) is 4.21. The lowest BCUT2D eigenvalue weighted by Crippen LogP contribution is -2.41. The number of aryl methyl sites for hydroxylation is 1. The summed E-state index contributed by atoms with van der Waals surface area (Å²) < 4.78 is 49.0. The Hall–Kier alpha value is -1.14. The summed E-state index contributed by atoms with van der Waals surface area (Å²) in [5, 5.41) is 2.26. The second kappa shape index (κ2) is 6.15. The fourth-order valence-corrected chi connectivity index (χ4v) is 1.40. The summed E-state index contributed by atoms with van der Waals surface area (Å²) in [5.41, 5.74) is 7.59. The monoisotopic (exact) mass is 264 g/mol. The van der Waals surface area contributed by atoms with Crippen molar-refractivity contribution in [2.45, 2.75) is 25.3 Å². The maximum absolute atomic E-state index is 12.6. The predicted octanol–water partition coefficient (Wildman–Crippen LogP) is 2.48. The van der Waals surface area contributed by atoms with E-state index in [1.54, 1.807) is 12.1 Å². The van der Waals surface area contributed by atoms with E-state index in [1.807, 2.05) is 19.1 Å². The van der Waals surface area contributed by atoms with E-state index < -0.39 is 24.9 Å². The van der Waals surface area contributed by atoms with Gasteiger partial charge < -0.3 is 11.1 Å². The van der Waals surface area contributed by atoms with Gasteiger partial charge in [0.25, 0.3) is 0 Å². The van der Waals surface area contributed by atoms with Crippen molar-refractivity contribution in [3.8, 4) is 0 Å². The molecule has 1 rings (SSSR count). The number of rotatable bonds is 6. The van der Waals surface area contributed by atoms with Gasteiger partial charge in [0, 0.05) is 12.6 Å². The lowest BCUT2D eigenvalue weighted by molar-refractivity contribution is -0.125. The van der Waals surface area contributed by atoms with Crippen molar-refractivity contribution in [3.05, 3.63) is 35.4 Å². The Morgan fingerprint density at radius 3 is 2.28 bits per heavy atom. The topological polar surface area (TPSA) is 38.0 Å². The molecule has 0 saturated heterocycles. The molecular formula is C12H16F4N2. The van der Waals surface area contributed by atoms with Crippen molar-refractivity contribution < 1.29 is 17.6 Å². The zero-order valence-electron chi connectivity index (χ0n) is 9.97. The van der Waals surface area contributed by atoms with E-state index in [0.29, 0.717) is 0 Å². The highest BCUT2D eigenvalue weighted by Gasteiger charge is 2.40. The highest BCUT2D eigenvalue weighted by molar-refractivity contribution is 5.24. The first kappa shape index (κ1) is 14.9. The average Bonchev–Trinajstić information content (AvgIpc) is 2.29. The molecule has 0 radical (unpaired) electrons. The van der Waals surface area contributed by atoms with Gasteiger partial charge in [0.1, 0.15) is 0 Å². The number of nitrogens with one attached hydrogen (secondary N) is 1. The number of hydrogen-bond acceptors (Lipinski definition) is 2. The average molecular weight is 264 g/mol. The van der Waals surface area contributed by atoms with Gasteiger partial charge in [0.05, 0.1) is 6.54 Å². The van der Waals surface area contributed by atoms with Gasteiger partial charge in [-0.1, -0.05) is 29.8 Å². The first-order valence-electron chi connectivity index (χ1n) is 5.52. The molecule has 1 aromatic rings. The third-order valence-electron chi connectivity index (χ3n) is 2.55. The van der Waals surface area contributed by atoms with Crippen molar-refractivity contribution in [1.82, 2.24) is 5.32 Å². The number of alkyl halides is 4. The van der Waals surface area contributed by atoms with Crippen LogP contribution in [0.25, 0.3) is 0 Å². The second-order valence-corrected chi connectivity index (χ2v) is 4.21. The quantitative estimate of drug-likeness (QED) is 0.775. The van der Waals surface area contributed by atoms with Crippen LogP contribution >= 0.6 is 0 Å². The molecule has 0 aliphatic heterocycles. The Balaban J connectivity index is 2.42. The highest BCUT2D eigenvalue weighted by Crippen LogP contribution is 2.21. The summed E-state index contributed by atoms with van der Waals surface area (Å²) in [4.78, 5) is 0. The molecule has 102 valence electrons. The smallest absolute Gasteiger partial charge is 0.319 e. The molecule has 0 amide bonds. The molecule has 0 bridgehead atoms. The van der Waals surface area contributed by atoms with E-state index in [9.17, 15) is 17.6 Å². The Morgan fingerprint density at radius 2 is 1.78 bits per heavy atom. The van der Waals surface area contributed by atoms with Crippen LogP contribution in [-0.2, 0) is 0 Å². The molecule has 0 saturated carbocycles. The van der Waals surface area contributed by atoms with Crippen molar-refractivity contribution in [1.29, 1.82) is 0 Å². The van der Waals surface area contributed by atoms with Gasteiger partial charge in [-0.05, 0) is 12.5 Å². The third kappa shape index (κ3) is 4.27. The minimum atomic E-state index is -4.02. The molecule has 0 fully saturated rings. The van der Waals surface area contributed by atoms with E-state index >= 15 is 0 Å². The van der Waals surface area contributed by atoms with Gasteiger partial charge in [-0.25, -0.2) is 8.78 Å². The number of benzene rings is 1. The number of nitrogens with two attached hydrogens (primary N) is 1. The lowest BCUT2D eigenvalue weighted by atomic mass is 10.1. The van der Waals surface area contributed by atoms with E-state index in [4.69, 9.17) is 5.73 Å². The van der Waals surface area contributed by atoms with E-state index in [-0.39, 0.29) is 6.54 Å². The first-order chi connectivity index (χ1) is 8.33. The molecule has 1 unspecified atom stereocenters. The highest BCUT2D eigenvalue weighted by atomic mass is 19.3. The number of halogens is 4. The molecule has 2 nitrogen and oxygen atoms in total. The van der Waals surface area contributed by atoms with Crippen LogP contribution in [0.2, 0.25) is 0 Å². The predicted molar refractivity (Wildman–Crippen MR) is 61.9 cm³/mol. The Morgan fingerprint density at radius 1 is 1.22 bits per heavy atom. The molecule has 1 atom stereocenters. The van der Waals surface area contributed by atoms with E-state index in [2.05, 4.69) is 5.32 Å². The summed E-state index contributed by atoms with van der Waals surface area (Å²) in [6, 6.07) is 6.77. The molecule has 3 N–H and O–H groups in total. The Labute approximate surface area is 103 Å². The van der Waals surface area contributed by atoms with Gasteiger partial charge in [0.2, 0.25) is 0 Å². The van der Waals surface area contributed by atoms with E-state index in [1.165, 1.54) is 0 Å². The van der Waals surface area contributed by atoms with Gasteiger partial charge >= 0.3 is 12.3 Å². The van der Waals surface area contributed by atoms with Crippen molar-refractivity contribution >= 4 is 0 Å². The maximum atomic E-state index is 12.6. The fourth-order valence-electron chi connectivity index (χ4n) is 1.40. The summed E-state index contributed by atoms with van der Waals surface area (Å²) in [6.07, 6.45) is -3.67. The van der Waals surface area contributed by atoms with Gasteiger partial charge in [-0.3, -0.25) is 0 Å². The van der Waals surface area contributed by atoms with Crippen molar-refractivity contribution in [2.24, 2.45) is 5.73 Å². The summed E-state index contributed by atoms with van der Waals surface area (Å²) in [6.45, 7) is 0.854. The van der Waals surface area contributed by atoms with Crippen LogP contribution in [0.3, 0.4) is 0 Å². The van der Waals surface area contributed by atoms with Gasteiger partial charge in [-0.15, -0.1) is 0 Å². The zero-order chi connectivity index (χ0) is 13.8. The van der Waals surface area contributed by atoms with Crippen LogP contribution in [0, 0.1) is 6.92 Å².